The van der Waals surface area contributed by atoms with E-state index in [4.69, 9.17) is 11.6 Å². The monoisotopic (exact) mass is 277 g/mol. The van der Waals surface area contributed by atoms with Crippen LogP contribution in [0, 0.1) is 0 Å². The predicted molar refractivity (Wildman–Crippen MR) is 77.8 cm³/mol. The van der Waals surface area contributed by atoms with E-state index in [-0.39, 0.29) is 0 Å². The smallest absolute Gasteiger partial charge is 0.224 e. The fourth-order valence-corrected chi connectivity index (χ4v) is 1.93. The van der Waals surface area contributed by atoms with Crippen LogP contribution in [0.25, 0.3) is 0 Å². The Kier molecular flexibility index (Phi) is 4.52. The van der Waals surface area contributed by atoms with Gasteiger partial charge in [0, 0.05) is 33.0 Å². The van der Waals surface area contributed by atoms with Crippen LogP contribution >= 0.6 is 11.6 Å². The van der Waals surface area contributed by atoms with Crippen LogP contribution in [0.15, 0.2) is 30.7 Å². The van der Waals surface area contributed by atoms with Crippen LogP contribution in [0.1, 0.15) is 5.56 Å². The predicted octanol–water partition coefficient (Wildman–Crippen LogP) is 2.25. The average Bonchev–Trinajstić information content (AvgIpc) is 2.46. The van der Waals surface area contributed by atoms with Gasteiger partial charge in [0.2, 0.25) is 5.95 Å². The van der Waals surface area contributed by atoms with Crippen LogP contribution < -0.4 is 10.2 Å². The molecule has 0 spiro atoms. The molecule has 2 aromatic rings. The van der Waals surface area contributed by atoms with Crippen molar-refractivity contribution < 1.29 is 0 Å². The maximum atomic E-state index is 6.13. The zero-order valence-electron chi connectivity index (χ0n) is 11.0. The molecule has 6 heteroatoms. The van der Waals surface area contributed by atoms with Crippen molar-refractivity contribution in [3.63, 3.8) is 0 Å². The van der Waals surface area contributed by atoms with E-state index in [2.05, 4.69) is 20.3 Å². The Morgan fingerprint density at radius 1 is 1.32 bits per heavy atom. The standard InChI is InChI=1S/C13H16ClN5/c1-15-13-17-9-11(14)12(18-13)19(2)8-5-10-3-6-16-7-4-10/h3-4,6-7,9H,5,8H2,1-2H3,(H,15,17,18). The molecule has 2 aromatic heterocycles. The molecule has 2 heterocycles. The number of nitrogens with one attached hydrogen (secondary N) is 1. The number of nitrogens with zero attached hydrogens (tertiary/aromatic N) is 4. The van der Waals surface area contributed by atoms with Gasteiger partial charge in [0.1, 0.15) is 5.02 Å². The SMILES string of the molecule is CNc1ncc(Cl)c(N(C)CCc2ccncc2)n1. The number of rotatable bonds is 5. The van der Waals surface area contributed by atoms with Crippen molar-refractivity contribution >= 4 is 23.4 Å². The first kappa shape index (κ1) is 13.5. The van der Waals surface area contributed by atoms with Crippen LogP contribution in [0.5, 0.6) is 0 Å². The molecule has 100 valence electrons. The van der Waals surface area contributed by atoms with Crippen LogP contribution in [0.3, 0.4) is 0 Å². The van der Waals surface area contributed by atoms with Gasteiger partial charge in [-0.25, -0.2) is 4.98 Å². The number of pyridine rings is 1. The summed E-state index contributed by atoms with van der Waals surface area (Å²) in [4.78, 5) is 14.5. The van der Waals surface area contributed by atoms with Gasteiger partial charge in [-0.2, -0.15) is 4.98 Å². The lowest BCUT2D eigenvalue weighted by atomic mass is 10.2. The number of hydrogen-bond donors (Lipinski definition) is 1. The summed E-state index contributed by atoms with van der Waals surface area (Å²) in [6.07, 6.45) is 6.12. The van der Waals surface area contributed by atoms with E-state index in [0.29, 0.717) is 11.0 Å². The van der Waals surface area contributed by atoms with E-state index in [0.717, 1.165) is 18.8 Å². The van der Waals surface area contributed by atoms with Crippen molar-refractivity contribution in [1.29, 1.82) is 0 Å². The molecule has 0 aliphatic carbocycles. The van der Waals surface area contributed by atoms with Crippen LogP contribution in [-0.4, -0.2) is 35.6 Å². The minimum Gasteiger partial charge on any atom is -0.358 e. The summed E-state index contributed by atoms with van der Waals surface area (Å²) in [5, 5.41) is 3.46. The molecule has 0 unspecified atom stereocenters. The van der Waals surface area contributed by atoms with E-state index < -0.39 is 0 Å². The molecule has 0 atom stereocenters. The first-order valence-electron chi connectivity index (χ1n) is 6.01. The summed E-state index contributed by atoms with van der Waals surface area (Å²) in [5.41, 5.74) is 1.24. The summed E-state index contributed by atoms with van der Waals surface area (Å²) < 4.78 is 0. The van der Waals surface area contributed by atoms with E-state index in [1.807, 2.05) is 24.1 Å². The third-order valence-corrected chi connectivity index (χ3v) is 3.06. The maximum Gasteiger partial charge on any atom is 0.224 e. The van der Waals surface area contributed by atoms with Gasteiger partial charge in [0.25, 0.3) is 0 Å². The number of hydrogen-bond acceptors (Lipinski definition) is 5. The molecular weight excluding hydrogens is 262 g/mol. The van der Waals surface area contributed by atoms with Crippen molar-refractivity contribution in [2.75, 3.05) is 30.9 Å². The minimum absolute atomic E-state index is 0.552. The van der Waals surface area contributed by atoms with E-state index in [1.165, 1.54) is 5.56 Å². The van der Waals surface area contributed by atoms with Crippen molar-refractivity contribution in [3.8, 4) is 0 Å². The molecule has 1 N–H and O–H groups in total. The number of halogens is 1. The van der Waals surface area contributed by atoms with Crippen LogP contribution in [0.2, 0.25) is 5.02 Å². The van der Waals surface area contributed by atoms with Crippen LogP contribution in [0.4, 0.5) is 11.8 Å². The topological polar surface area (TPSA) is 53.9 Å². The second-order valence-corrected chi connectivity index (χ2v) is 4.55. The Morgan fingerprint density at radius 3 is 2.74 bits per heavy atom. The molecule has 2 rings (SSSR count). The highest BCUT2D eigenvalue weighted by Gasteiger charge is 2.09. The maximum absolute atomic E-state index is 6.13. The highest BCUT2D eigenvalue weighted by molar-refractivity contribution is 6.32. The first-order valence-corrected chi connectivity index (χ1v) is 6.39. The second-order valence-electron chi connectivity index (χ2n) is 4.14. The van der Waals surface area contributed by atoms with Gasteiger partial charge in [-0.05, 0) is 24.1 Å². The van der Waals surface area contributed by atoms with Gasteiger partial charge in [0.15, 0.2) is 5.82 Å². The summed E-state index contributed by atoms with van der Waals surface area (Å²) in [7, 11) is 3.75. The second kappa shape index (κ2) is 6.33. The molecule has 0 aliphatic rings. The lowest BCUT2D eigenvalue weighted by Gasteiger charge is -2.19. The Balaban J connectivity index is 2.05. The largest absolute Gasteiger partial charge is 0.358 e. The fourth-order valence-electron chi connectivity index (χ4n) is 1.70. The lowest BCUT2D eigenvalue weighted by Crippen LogP contribution is -2.22. The number of aromatic nitrogens is 3. The molecule has 0 amide bonds. The van der Waals surface area contributed by atoms with Crippen molar-refractivity contribution in [2.45, 2.75) is 6.42 Å². The zero-order valence-corrected chi connectivity index (χ0v) is 11.7. The van der Waals surface area contributed by atoms with Crippen LogP contribution in [-0.2, 0) is 6.42 Å². The summed E-state index contributed by atoms with van der Waals surface area (Å²) in [5.74, 6) is 1.30. The Morgan fingerprint density at radius 2 is 2.05 bits per heavy atom. The molecule has 19 heavy (non-hydrogen) atoms. The number of anilines is 2. The third-order valence-electron chi connectivity index (χ3n) is 2.80. The highest BCUT2D eigenvalue weighted by atomic mass is 35.5. The Labute approximate surface area is 117 Å². The van der Waals surface area contributed by atoms with Crippen molar-refractivity contribution in [3.05, 3.63) is 41.3 Å². The summed E-state index contributed by atoms with van der Waals surface area (Å²) in [6.45, 7) is 0.823. The average molecular weight is 278 g/mol. The minimum atomic E-state index is 0.552. The third kappa shape index (κ3) is 3.54. The molecular formula is C13H16ClN5. The molecule has 0 fully saturated rings. The van der Waals surface area contributed by atoms with E-state index >= 15 is 0 Å². The Hall–Kier alpha value is -1.88. The molecule has 5 nitrogen and oxygen atoms in total. The molecule has 0 aromatic carbocycles. The van der Waals surface area contributed by atoms with Gasteiger partial charge >= 0.3 is 0 Å². The van der Waals surface area contributed by atoms with Crippen molar-refractivity contribution in [2.24, 2.45) is 0 Å². The first-order chi connectivity index (χ1) is 9.20. The van der Waals surface area contributed by atoms with E-state index in [9.17, 15) is 0 Å². The molecule has 0 bridgehead atoms. The van der Waals surface area contributed by atoms with E-state index in [1.54, 1.807) is 25.6 Å². The summed E-state index contributed by atoms with van der Waals surface area (Å²) >= 11 is 6.13. The van der Waals surface area contributed by atoms with Gasteiger partial charge < -0.3 is 10.2 Å². The fraction of sp³-hybridized carbons (Fsp3) is 0.308. The van der Waals surface area contributed by atoms with Gasteiger partial charge in [-0.15, -0.1) is 0 Å². The lowest BCUT2D eigenvalue weighted by molar-refractivity contribution is 0.855. The quantitative estimate of drug-likeness (QED) is 0.908. The van der Waals surface area contributed by atoms with Gasteiger partial charge in [-0.1, -0.05) is 11.6 Å². The summed E-state index contributed by atoms with van der Waals surface area (Å²) in [6, 6.07) is 4.02. The normalized spacial score (nSPS) is 10.3. The molecule has 0 saturated heterocycles. The Bertz CT molecular complexity index is 532. The van der Waals surface area contributed by atoms with Gasteiger partial charge in [0.05, 0.1) is 6.20 Å². The zero-order chi connectivity index (χ0) is 13.7. The molecule has 0 saturated carbocycles. The van der Waals surface area contributed by atoms with Gasteiger partial charge in [-0.3, -0.25) is 4.98 Å². The molecule has 0 aliphatic heterocycles. The van der Waals surface area contributed by atoms with Crippen molar-refractivity contribution in [1.82, 2.24) is 15.0 Å². The highest BCUT2D eigenvalue weighted by Crippen LogP contribution is 2.22. The molecule has 0 radical (unpaired) electrons. The number of likely N-dealkylation sites (N-methyl/N-ethyl adjacent to an activating group) is 1.